The molecule has 108 valence electrons. The lowest BCUT2D eigenvalue weighted by molar-refractivity contribution is -0.153. The van der Waals surface area contributed by atoms with Gasteiger partial charge in [0.2, 0.25) is 5.76 Å². The molecular weight excluding hydrogens is 277 g/mol. The zero-order valence-corrected chi connectivity index (χ0v) is 10.4. The second-order valence-electron chi connectivity index (χ2n) is 4.03. The van der Waals surface area contributed by atoms with E-state index in [4.69, 9.17) is 0 Å². The normalized spacial score (nSPS) is 11.6. The number of carbonyl (C=O) groups is 1. The second-order valence-corrected chi connectivity index (χ2v) is 4.03. The monoisotopic (exact) mass is 288 g/mol. The van der Waals surface area contributed by atoms with E-state index < -0.39 is 23.5 Å². The lowest BCUT2D eigenvalue weighted by atomic mass is 10.3. The van der Waals surface area contributed by atoms with Gasteiger partial charge in [-0.3, -0.25) is 4.79 Å². The van der Waals surface area contributed by atoms with Gasteiger partial charge in [0.05, 0.1) is 6.33 Å². The molecule has 0 aliphatic rings. The van der Waals surface area contributed by atoms with Crippen molar-refractivity contribution in [1.82, 2.24) is 19.9 Å². The summed E-state index contributed by atoms with van der Waals surface area (Å²) in [5.41, 5.74) is 0.0870. The van der Waals surface area contributed by atoms with Crippen LogP contribution in [-0.2, 0) is 19.6 Å². The van der Waals surface area contributed by atoms with Crippen molar-refractivity contribution in [3.63, 3.8) is 0 Å². The SMILES string of the molecule is Cn1cncc1CCNC(=O)c1ncoc1C(F)(F)F. The van der Waals surface area contributed by atoms with Crippen LogP contribution in [0, 0.1) is 0 Å². The van der Waals surface area contributed by atoms with Gasteiger partial charge in [-0.2, -0.15) is 13.2 Å². The number of hydrogen-bond donors (Lipinski definition) is 1. The van der Waals surface area contributed by atoms with Gasteiger partial charge in [-0.15, -0.1) is 0 Å². The van der Waals surface area contributed by atoms with Gasteiger partial charge in [-0.25, -0.2) is 9.97 Å². The van der Waals surface area contributed by atoms with Crippen LogP contribution in [0.4, 0.5) is 13.2 Å². The number of oxazole rings is 1. The van der Waals surface area contributed by atoms with E-state index in [1.54, 1.807) is 24.1 Å². The Morgan fingerprint density at radius 1 is 1.50 bits per heavy atom. The number of nitrogens with one attached hydrogen (secondary N) is 1. The largest absolute Gasteiger partial charge is 0.452 e. The van der Waals surface area contributed by atoms with Gasteiger partial charge in [0.15, 0.2) is 12.1 Å². The fourth-order valence-electron chi connectivity index (χ4n) is 1.62. The average Bonchev–Trinajstić information content (AvgIpc) is 2.97. The lowest BCUT2D eigenvalue weighted by Crippen LogP contribution is -2.28. The number of imidazole rings is 1. The zero-order valence-electron chi connectivity index (χ0n) is 10.4. The number of amides is 1. The van der Waals surface area contributed by atoms with Gasteiger partial charge >= 0.3 is 6.18 Å². The topological polar surface area (TPSA) is 73.0 Å². The van der Waals surface area contributed by atoms with E-state index in [0.29, 0.717) is 12.8 Å². The van der Waals surface area contributed by atoms with E-state index in [0.717, 1.165) is 5.69 Å². The van der Waals surface area contributed by atoms with Crippen LogP contribution in [0.15, 0.2) is 23.3 Å². The molecule has 0 saturated carbocycles. The van der Waals surface area contributed by atoms with Crippen molar-refractivity contribution < 1.29 is 22.4 Å². The molecule has 9 heteroatoms. The molecule has 20 heavy (non-hydrogen) atoms. The minimum absolute atomic E-state index is 0.169. The third-order valence-corrected chi connectivity index (χ3v) is 2.62. The molecule has 6 nitrogen and oxygen atoms in total. The number of halogens is 3. The molecule has 2 rings (SSSR count). The Balaban J connectivity index is 1.96. The van der Waals surface area contributed by atoms with Crippen LogP contribution >= 0.6 is 0 Å². The summed E-state index contributed by atoms with van der Waals surface area (Å²) in [7, 11) is 1.78. The van der Waals surface area contributed by atoms with Crippen LogP contribution in [0.25, 0.3) is 0 Å². The summed E-state index contributed by atoms with van der Waals surface area (Å²) >= 11 is 0. The van der Waals surface area contributed by atoms with Crippen molar-refractivity contribution in [2.45, 2.75) is 12.6 Å². The molecule has 0 fully saturated rings. The molecule has 2 aromatic heterocycles. The summed E-state index contributed by atoms with van der Waals surface area (Å²) < 4.78 is 43.5. The quantitative estimate of drug-likeness (QED) is 0.923. The van der Waals surface area contributed by atoms with Crippen molar-refractivity contribution in [3.05, 3.63) is 36.1 Å². The molecule has 0 radical (unpaired) electrons. The maximum absolute atomic E-state index is 12.5. The van der Waals surface area contributed by atoms with Crippen LogP contribution in [0.5, 0.6) is 0 Å². The molecule has 2 heterocycles. The van der Waals surface area contributed by atoms with Gasteiger partial charge in [-0.1, -0.05) is 0 Å². The number of carbonyl (C=O) groups excluding carboxylic acids is 1. The fourth-order valence-corrected chi connectivity index (χ4v) is 1.62. The first-order valence-corrected chi connectivity index (χ1v) is 5.63. The number of aromatic nitrogens is 3. The maximum Gasteiger partial charge on any atom is 0.452 e. The molecule has 0 aromatic carbocycles. The average molecular weight is 288 g/mol. The molecule has 1 amide bonds. The minimum atomic E-state index is -4.74. The number of aryl methyl sites for hydroxylation is 1. The molecule has 0 atom stereocenters. The molecule has 0 unspecified atom stereocenters. The molecule has 0 spiro atoms. The fraction of sp³-hybridized carbons (Fsp3) is 0.364. The first-order valence-electron chi connectivity index (χ1n) is 5.63. The highest BCUT2D eigenvalue weighted by atomic mass is 19.4. The maximum atomic E-state index is 12.5. The Hall–Kier alpha value is -2.32. The Labute approximate surface area is 111 Å². The zero-order chi connectivity index (χ0) is 14.8. The van der Waals surface area contributed by atoms with Crippen molar-refractivity contribution in [3.8, 4) is 0 Å². The predicted octanol–water partition coefficient (Wildman–Crippen LogP) is 1.40. The van der Waals surface area contributed by atoms with Gasteiger partial charge < -0.3 is 14.3 Å². The van der Waals surface area contributed by atoms with E-state index in [1.165, 1.54) is 0 Å². The third kappa shape index (κ3) is 2.98. The van der Waals surface area contributed by atoms with Gasteiger partial charge in [0, 0.05) is 31.9 Å². The number of rotatable bonds is 4. The van der Waals surface area contributed by atoms with Crippen molar-refractivity contribution in [1.29, 1.82) is 0 Å². The van der Waals surface area contributed by atoms with E-state index in [2.05, 4.69) is 19.7 Å². The molecule has 0 aliphatic heterocycles. The smallest absolute Gasteiger partial charge is 0.438 e. The molecule has 1 N–H and O–H groups in total. The van der Waals surface area contributed by atoms with Crippen molar-refractivity contribution >= 4 is 5.91 Å². The van der Waals surface area contributed by atoms with Gasteiger partial charge in [0.1, 0.15) is 0 Å². The first-order chi connectivity index (χ1) is 9.39. The third-order valence-electron chi connectivity index (χ3n) is 2.62. The van der Waals surface area contributed by atoms with Crippen LogP contribution in [-0.4, -0.2) is 27.0 Å². The van der Waals surface area contributed by atoms with Crippen LogP contribution in [0.2, 0.25) is 0 Å². The van der Waals surface area contributed by atoms with Gasteiger partial charge in [-0.05, 0) is 0 Å². The highest BCUT2D eigenvalue weighted by Gasteiger charge is 2.40. The van der Waals surface area contributed by atoms with E-state index in [1.807, 2.05) is 0 Å². The predicted molar refractivity (Wildman–Crippen MR) is 60.8 cm³/mol. The van der Waals surface area contributed by atoms with E-state index >= 15 is 0 Å². The van der Waals surface area contributed by atoms with Crippen LogP contribution in [0.1, 0.15) is 21.9 Å². The van der Waals surface area contributed by atoms with E-state index in [9.17, 15) is 18.0 Å². The molecule has 0 aliphatic carbocycles. The highest BCUT2D eigenvalue weighted by molar-refractivity contribution is 5.93. The van der Waals surface area contributed by atoms with Crippen LogP contribution < -0.4 is 5.32 Å². The lowest BCUT2D eigenvalue weighted by Gasteiger charge is -2.06. The number of nitrogens with zero attached hydrogens (tertiary/aromatic N) is 3. The van der Waals surface area contributed by atoms with Crippen molar-refractivity contribution in [2.24, 2.45) is 7.05 Å². The first kappa shape index (κ1) is 14.1. The van der Waals surface area contributed by atoms with Gasteiger partial charge in [0.25, 0.3) is 5.91 Å². The Bertz CT molecular complexity index is 603. The standard InChI is InChI=1S/C11H11F3N4O2/c1-18-5-15-4-7(18)2-3-16-10(19)8-9(11(12,13)14)20-6-17-8/h4-6H,2-3H2,1H3,(H,16,19). The molecular formula is C11H11F3N4O2. The molecule has 2 aromatic rings. The minimum Gasteiger partial charge on any atom is -0.438 e. The Kier molecular flexibility index (Phi) is 3.77. The Morgan fingerprint density at radius 2 is 2.25 bits per heavy atom. The second kappa shape index (κ2) is 5.35. The summed E-state index contributed by atoms with van der Waals surface area (Å²) in [6.45, 7) is 0.169. The van der Waals surface area contributed by atoms with Crippen molar-refractivity contribution in [2.75, 3.05) is 6.54 Å². The van der Waals surface area contributed by atoms with Crippen LogP contribution in [0.3, 0.4) is 0 Å². The summed E-state index contributed by atoms with van der Waals surface area (Å²) in [4.78, 5) is 18.8. The number of alkyl halides is 3. The summed E-state index contributed by atoms with van der Waals surface area (Å²) in [6.07, 6.45) is -0.495. The number of hydrogen-bond acceptors (Lipinski definition) is 4. The summed E-state index contributed by atoms with van der Waals surface area (Å²) in [6, 6.07) is 0. The summed E-state index contributed by atoms with van der Waals surface area (Å²) in [5, 5.41) is 2.36. The highest BCUT2D eigenvalue weighted by Crippen LogP contribution is 2.31. The Morgan fingerprint density at radius 3 is 2.85 bits per heavy atom. The summed E-state index contributed by atoms with van der Waals surface area (Å²) in [5.74, 6) is -2.32. The molecule has 0 saturated heterocycles. The molecule has 0 bridgehead atoms. The van der Waals surface area contributed by atoms with E-state index in [-0.39, 0.29) is 6.54 Å².